The zero-order valence-corrected chi connectivity index (χ0v) is 13.1. The van der Waals surface area contributed by atoms with Crippen LogP contribution in [0.5, 0.6) is 5.75 Å². The van der Waals surface area contributed by atoms with Gasteiger partial charge in [0.2, 0.25) is 0 Å². The first kappa shape index (κ1) is 16.0. The number of para-hydroxylation sites is 1. The van der Waals surface area contributed by atoms with Crippen molar-refractivity contribution in [1.82, 2.24) is 5.32 Å². The van der Waals surface area contributed by atoms with Crippen LogP contribution < -0.4 is 10.1 Å². The molecule has 0 unspecified atom stereocenters. The average molecular weight is 299 g/mol. The maximum atomic E-state index is 12.2. The van der Waals surface area contributed by atoms with Gasteiger partial charge in [0, 0.05) is 17.7 Å². The van der Waals surface area contributed by atoms with E-state index in [1.165, 1.54) is 0 Å². The van der Waals surface area contributed by atoms with Gasteiger partial charge in [0.1, 0.15) is 5.75 Å². The fourth-order valence-corrected chi connectivity index (χ4v) is 2.40. The van der Waals surface area contributed by atoms with Crippen molar-refractivity contribution < 1.29 is 14.6 Å². The Morgan fingerprint density at radius 3 is 2.64 bits per heavy atom. The van der Waals surface area contributed by atoms with Crippen LogP contribution >= 0.6 is 0 Å². The molecule has 0 fully saturated rings. The zero-order chi connectivity index (χ0) is 16.1. The average Bonchev–Trinajstić information content (AvgIpc) is 2.52. The van der Waals surface area contributed by atoms with Gasteiger partial charge in [-0.05, 0) is 31.5 Å². The van der Waals surface area contributed by atoms with Gasteiger partial charge < -0.3 is 15.2 Å². The summed E-state index contributed by atoms with van der Waals surface area (Å²) in [6.45, 7) is 4.02. The van der Waals surface area contributed by atoms with Gasteiger partial charge in [0.15, 0.2) is 0 Å². The van der Waals surface area contributed by atoms with Crippen molar-refractivity contribution in [1.29, 1.82) is 0 Å². The first-order chi connectivity index (χ1) is 10.5. The van der Waals surface area contributed by atoms with Gasteiger partial charge in [0.05, 0.1) is 13.2 Å². The highest BCUT2D eigenvalue weighted by atomic mass is 16.5. The van der Waals surface area contributed by atoms with Crippen LogP contribution in [-0.2, 0) is 0 Å². The lowest BCUT2D eigenvalue weighted by Gasteiger charge is -2.16. The Labute approximate surface area is 130 Å². The summed E-state index contributed by atoms with van der Waals surface area (Å²) >= 11 is 0. The van der Waals surface area contributed by atoms with Gasteiger partial charge in [-0.25, -0.2) is 0 Å². The number of amides is 1. The molecule has 116 valence electrons. The van der Waals surface area contributed by atoms with Crippen molar-refractivity contribution in [3.05, 3.63) is 64.7 Å². The highest BCUT2D eigenvalue weighted by Crippen LogP contribution is 2.24. The molecule has 1 atom stereocenters. The summed E-state index contributed by atoms with van der Waals surface area (Å²) < 4.78 is 5.22. The minimum atomic E-state index is -0.814. The van der Waals surface area contributed by atoms with Crippen LogP contribution in [0.3, 0.4) is 0 Å². The number of aliphatic hydroxyl groups is 1. The Hall–Kier alpha value is -2.33. The first-order valence-electron chi connectivity index (χ1n) is 7.19. The van der Waals surface area contributed by atoms with Crippen molar-refractivity contribution in [3.8, 4) is 5.75 Å². The molecule has 1 amide bonds. The summed E-state index contributed by atoms with van der Waals surface area (Å²) in [6.07, 6.45) is -0.814. The molecule has 0 heterocycles. The smallest absolute Gasteiger partial charge is 0.251 e. The van der Waals surface area contributed by atoms with E-state index >= 15 is 0 Å². The molecular formula is C18H21NO3. The molecular weight excluding hydrogens is 278 g/mol. The molecule has 2 aromatic rings. The molecule has 22 heavy (non-hydrogen) atoms. The van der Waals surface area contributed by atoms with Crippen LogP contribution in [0.2, 0.25) is 0 Å². The predicted molar refractivity (Wildman–Crippen MR) is 86.2 cm³/mol. The molecule has 0 bridgehead atoms. The number of aliphatic hydroxyl groups excluding tert-OH is 1. The molecule has 0 radical (unpaired) electrons. The summed E-state index contributed by atoms with van der Waals surface area (Å²) in [5.41, 5.74) is 3.32. The molecule has 4 heteroatoms. The second-order valence-corrected chi connectivity index (χ2v) is 5.29. The third-order valence-electron chi connectivity index (χ3n) is 3.58. The van der Waals surface area contributed by atoms with Crippen LogP contribution in [0.25, 0.3) is 0 Å². The van der Waals surface area contributed by atoms with Crippen molar-refractivity contribution in [3.63, 3.8) is 0 Å². The number of aryl methyl sites for hydroxylation is 2. The van der Waals surface area contributed by atoms with E-state index in [1.54, 1.807) is 25.3 Å². The molecule has 0 saturated heterocycles. The van der Waals surface area contributed by atoms with Crippen LogP contribution in [0.1, 0.15) is 33.2 Å². The number of methoxy groups -OCH3 is 1. The summed E-state index contributed by atoms with van der Waals surface area (Å²) in [6, 6.07) is 12.9. The second kappa shape index (κ2) is 7.09. The summed E-state index contributed by atoms with van der Waals surface area (Å²) in [5.74, 6) is 0.419. The largest absolute Gasteiger partial charge is 0.496 e. The second-order valence-electron chi connectivity index (χ2n) is 5.29. The molecule has 2 rings (SSSR count). The highest BCUT2D eigenvalue weighted by Gasteiger charge is 2.15. The molecule has 2 aromatic carbocycles. The quantitative estimate of drug-likeness (QED) is 0.892. The number of carbonyl (C=O) groups excluding carboxylic acids is 1. The van der Waals surface area contributed by atoms with Gasteiger partial charge in [-0.2, -0.15) is 0 Å². The number of hydrogen-bond donors (Lipinski definition) is 2. The highest BCUT2D eigenvalue weighted by molar-refractivity contribution is 5.95. The van der Waals surface area contributed by atoms with Crippen molar-refractivity contribution >= 4 is 5.91 Å². The normalized spacial score (nSPS) is 11.8. The lowest BCUT2D eigenvalue weighted by Crippen LogP contribution is -2.29. The van der Waals surface area contributed by atoms with E-state index in [1.807, 2.05) is 38.1 Å². The number of hydrogen-bond acceptors (Lipinski definition) is 3. The Bertz CT molecular complexity index is 667. The van der Waals surface area contributed by atoms with E-state index in [2.05, 4.69) is 5.32 Å². The van der Waals surface area contributed by atoms with E-state index in [-0.39, 0.29) is 12.5 Å². The molecule has 0 aromatic heterocycles. The molecule has 2 N–H and O–H groups in total. The standard InChI is InChI=1S/C18H21NO3/c1-12-8-9-14(13(2)10-12)18(21)19-11-16(20)15-6-4-5-7-17(15)22-3/h4-10,16,20H,11H2,1-3H3,(H,19,21)/t16-/m1/s1. The number of benzene rings is 2. The van der Waals surface area contributed by atoms with Crippen molar-refractivity contribution in [2.75, 3.05) is 13.7 Å². The lowest BCUT2D eigenvalue weighted by atomic mass is 10.0. The number of rotatable bonds is 5. The molecule has 4 nitrogen and oxygen atoms in total. The lowest BCUT2D eigenvalue weighted by molar-refractivity contribution is 0.0914. The van der Waals surface area contributed by atoms with Crippen molar-refractivity contribution in [2.45, 2.75) is 20.0 Å². The van der Waals surface area contributed by atoms with Crippen LogP contribution in [0.15, 0.2) is 42.5 Å². The van der Waals surface area contributed by atoms with E-state index in [9.17, 15) is 9.90 Å². The van der Waals surface area contributed by atoms with Crippen LogP contribution in [0.4, 0.5) is 0 Å². The first-order valence-corrected chi connectivity index (χ1v) is 7.19. The van der Waals surface area contributed by atoms with Gasteiger partial charge in [0.25, 0.3) is 5.91 Å². The third kappa shape index (κ3) is 3.65. The fourth-order valence-electron chi connectivity index (χ4n) is 2.40. The molecule has 0 aliphatic carbocycles. The SMILES string of the molecule is COc1ccccc1[C@H](O)CNC(=O)c1ccc(C)cc1C. The van der Waals surface area contributed by atoms with E-state index in [4.69, 9.17) is 4.74 Å². The van der Waals surface area contributed by atoms with Gasteiger partial charge >= 0.3 is 0 Å². The van der Waals surface area contributed by atoms with Crippen LogP contribution in [0, 0.1) is 13.8 Å². The Kier molecular flexibility index (Phi) is 5.17. The Balaban J connectivity index is 2.04. The number of nitrogens with one attached hydrogen (secondary N) is 1. The van der Waals surface area contributed by atoms with Crippen molar-refractivity contribution in [2.24, 2.45) is 0 Å². The zero-order valence-electron chi connectivity index (χ0n) is 13.1. The Morgan fingerprint density at radius 2 is 1.95 bits per heavy atom. The number of ether oxygens (including phenoxy) is 1. The topological polar surface area (TPSA) is 58.6 Å². The third-order valence-corrected chi connectivity index (χ3v) is 3.58. The number of carbonyl (C=O) groups is 1. The molecule has 0 spiro atoms. The summed E-state index contributed by atoms with van der Waals surface area (Å²) in [5, 5.41) is 13.0. The Morgan fingerprint density at radius 1 is 1.23 bits per heavy atom. The van der Waals surface area contributed by atoms with Gasteiger partial charge in [-0.1, -0.05) is 35.9 Å². The molecule has 0 aliphatic heterocycles. The monoisotopic (exact) mass is 299 g/mol. The molecule has 0 saturated carbocycles. The van der Waals surface area contributed by atoms with E-state index in [0.717, 1.165) is 11.1 Å². The fraction of sp³-hybridized carbons (Fsp3) is 0.278. The minimum absolute atomic E-state index is 0.131. The maximum Gasteiger partial charge on any atom is 0.251 e. The summed E-state index contributed by atoms with van der Waals surface area (Å²) in [7, 11) is 1.56. The van der Waals surface area contributed by atoms with E-state index in [0.29, 0.717) is 16.9 Å². The predicted octanol–water partition coefficient (Wildman–Crippen LogP) is 2.78. The van der Waals surface area contributed by atoms with Gasteiger partial charge in [-0.15, -0.1) is 0 Å². The minimum Gasteiger partial charge on any atom is -0.496 e. The maximum absolute atomic E-state index is 12.2. The van der Waals surface area contributed by atoms with Gasteiger partial charge in [-0.3, -0.25) is 4.79 Å². The molecule has 0 aliphatic rings. The summed E-state index contributed by atoms with van der Waals surface area (Å²) in [4.78, 5) is 12.2. The van der Waals surface area contributed by atoms with E-state index < -0.39 is 6.10 Å². The van der Waals surface area contributed by atoms with Crippen LogP contribution in [-0.4, -0.2) is 24.7 Å².